The number of guanidine groups is 1. The van der Waals surface area contributed by atoms with Crippen LogP contribution in [-0.2, 0) is 9.59 Å². The van der Waals surface area contributed by atoms with Crippen LogP contribution in [0.1, 0.15) is 33.1 Å². The number of hydrogen-bond donors (Lipinski definition) is 1. The highest BCUT2D eigenvalue weighted by atomic mass is 16.2. The molecule has 0 aromatic heterocycles. The molecule has 2 fully saturated rings. The summed E-state index contributed by atoms with van der Waals surface area (Å²) in [6.45, 7) is 6.12. The zero-order valence-corrected chi connectivity index (χ0v) is 14.7. The zero-order chi connectivity index (χ0) is 17.0. The molecule has 1 aliphatic carbocycles. The maximum atomic E-state index is 12.3. The minimum Gasteiger partial charge on any atom is -0.354 e. The first-order chi connectivity index (χ1) is 10.9. The summed E-state index contributed by atoms with van der Waals surface area (Å²) >= 11 is 0. The van der Waals surface area contributed by atoms with Crippen LogP contribution in [0.3, 0.4) is 0 Å². The summed E-state index contributed by atoms with van der Waals surface area (Å²) in [5.41, 5.74) is 0. The van der Waals surface area contributed by atoms with E-state index in [-0.39, 0.29) is 24.4 Å². The largest absolute Gasteiger partial charge is 0.354 e. The molecule has 0 aromatic rings. The lowest BCUT2D eigenvalue weighted by Crippen LogP contribution is -2.56. The van der Waals surface area contributed by atoms with Crippen molar-refractivity contribution in [2.24, 2.45) is 4.99 Å². The molecule has 1 atom stereocenters. The molecule has 23 heavy (non-hydrogen) atoms. The van der Waals surface area contributed by atoms with Crippen LogP contribution >= 0.6 is 0 Å². The number of piperazine rings is 1. The molecule has 1 saturated carbocycles. The Bertz CT molecular complexity index is 473. The molecule has 2 aliphatic rings. The van der Waals surface area contributed by atoms with Crippen LogP contribution in [0.4, 0.5) is 0 Å². The number of aliphatic imine (C=N–C) groups is 1. The van der Waals surface area contributed by atoms with Gasteiger partial charge in [-0.1, -0.05) is 6.92 Å². The van der Waals surface area contributed by atoms with Gasteiger partial charge in [-0.2, -0.15) is 0 Å². The number of likely N-dealkylation sites (N-methyl/N-ethyl adjacent to an activating group) is 1. The first kappa shape index (κ1) is 17.6. The van der Waals surface area contributed by atoms with Gasteiger partial charge in [0.1, 0.15) is 6.54 Å². The fraction of sp³-hybridized carbons (Fsp3) is 0.812. The summed E-state index contributed by atoms with van der Waals surface area (Å²) in [6, 6.07) is 0.711. The molecule has 1 unspecified atom stereocenters. The third-order valence-corrected chi connectivity index (χ3v) is 4.40. The molecule has 0 aromatic carbocycles. The molecule has 7 nitrogen and oxygen atoms in total. The monoisotopic (exact) mass is 323 g/mol. The van der Waals surface area contributed by atoms with E-state index < -0.39 is 0 Å². The van der Waals surface area contributed by atoms with E-state index in [2.05, 4.69) is 24.2 Å². The Morgan fingerprint density at radius 2 is 2.09 bits per heavy atom. The van der Waals surface area contributed by atoms with Crippen molar-refractivity contribution in [2.45, 2.75) is 45.2 Å². The predicted octanol–water partition coefficient (Wildman–Crippen LogP) is 0.125. The van der Waals surface area contributed by atoms with E-state index in [1.807, 2.05) is 9.80 Å². The molecule has 0 bridgehead atoms. The van der Waals surface area contributed by atoms with E-state index in [1.165, 1.54) is 4.90 Å². The minimum absolute atomic E-state index is 0.0450. The van der Waals surface area contributed by atoms with Gasteiger partial charge < -0.3 is 20.0 Å². The van der Waals surface area contributed by atoms with E-state index >= 15 is 0 Å². The van der Waals surface area contributed by atoms with Gasteiger partial charge in [0.25, 0.3) is 0 Å². The predicted molar refractivity (Wildman–Crippen MR) is 90.2 cm³/mol. The van der Waals surface area contributed by atoms with Gasteiger partial charge in [0.05, 0.1) is 6.54 Å². The van der Waals surface area contributed by atoms with E-state index in [0.717, 1.165) is 32.4 Å². The van der Waals surface area contributed by atoms with Gasteiger partial charge in [0, 0.05) is 39.3 Å². The number of amides is 2. The molecule has 2 amide bonds. The molecule has 1 heterocycles. The van der Waals surface area contributed by atoms with Crippen molar-refractivity contribution in [1.29, 1.82) is 0 Å². The van der Waals surface area contributed by atoms with Crippen LogP contribution in [0.5, 0.6) is 0 Å². The highest BCUT2D eigenvalue weighted by molar-refractivity contribution is 5.89. The first-order valence-electron chi connectivity index (χ1n) is 8.48. The quantitative estimate of drug-likeness (QED) is 0.577. The molecular weight excluding hydrogens is 294 g/mol. The molecule has 1 saturated heterocycles. The van der Waals surface area contributed by atoms with Gasteiger partial charge in [-0.25, -0.2) is 4.99 Å². The second kappa shape index (κ2) is 7.66. The van der Waals surface area contributed by atoms with Crippen LogP contribution < -0.4 is 5.32 Å². The molecule has 1 N–H and O–H groups in total. The van der Waals surface area contributed by atoms with E-state index in [9.17, 15) is 9.59 Å². The topological polar surface area (TPSA) is 68.2 Å². The van der Waals surface area contributed by atoms with Crippen molar-refractivity contribution in [3.8, 4) is 0 Å². The van der Waals surface area contributed by atoms with Gasteiger partial charge in [-0.3, -0.25) is 9.59 Å². The van der Waals surface area contributed by atoms with Crippen molar-refractivity contribution in [3.05, 3.63) is 0 Å². The van der Waals surface area contributed by atoms with Crippen molar-refractivity contribution >= 4 is 17.8 Å². The van der Waals surface area contributed by atoms with Crippen LogP contribution in [0.2, 0.25) is 0 Å². The van der Waals surface area contributed by atoms with Gasteiger partial charge in [-0.05, 0) is 26.2 Å². The average Bonchev–Trinajstić information content (AvgIpc) is 3.35. The normalized spacial score (nSPS) is 20.5. The average molecular weight is 323 g/mol. The maximum Gasteiger partial charge on any atom is 0.243 e. The van der Waals surface area contributed by atoms with Crippen molar-refractivity contribution in [1.82, 2.24) is 20.0 Å². The number of rotatable bonds is 5. The Labute approximate surface area is 138 Å². The Kier molecular flexibility index (Phi) is 5.85. The van der Waals surface area contributed by atoms with Gasteiger partial charge in [0.15, 0.2) is 5.96 Å². The van der Waals surface area contributed by atoms with E-state index in [4.69, 9.17) is 0 Å². The van der Waals surface area contributed by atoms with Crippen LogP contribution in [0.15, 0.2) is 4.99 Å². The second-order valence-corrected chi connectivity index (χ2v) is 6.62. The van der Waals surface area contributed by atoms with E-state index in [1.54, 1.807) is 14.1 Å². The van der Waals surface area contributed by atoms with Gasteiger partial charge in [0.2, 0.25) is 11.8 Å². The smallest absolute Gasteiger partial charge is 0.243 e. The van der Waals surface area contributed by atoms with Crippen LogP contribution in [0, 0.1) is 0 Å². The second-order valence-electron chi connectivity index (χ2n) is 6.62. The summed E-state index contributed by atoms with van der Waals surface area (Å²) in [7, 11) is 3.44. The number of nitrogens with zero attached hydrogens (tertiary/aromatic N) is 4. The number of carbonyl (C=O) groups excluding carboxylic acids is 2. The van der Waals surface area contributed by atoms with Gasteiger partial charge >= 0.3 is 0 Å². The lowest BCUT2D eigenvalue weighted by Gasteiger charge is -2.37. The summed E-state index contributed by atoms with van der Waals surface area (Å²) in [5, 5.41) is 3.35. The Morgan fingerprint density at radius 1 is 1.39 bits per heavy atom. The summed E-state index contributed by atoms with van der Waals surface area (Å²) in [6.07, 6.45) is 3.22. The fourth-order valence-electron chi connectivity index (χ4n) is 2.48. The van der Waals surface area contributed by atoms with E-state index in [0.29, 0.717) is 18.5 Å². The van der Waals surface area contributed by atoms with Crippen LogP contribution in [-0.4, -0.2) is 84.8 Å². The standard InChI is InChI=1S/C16H29N5O2/c1-5-12(2)18-16(17-10-14(22)19(3)4)20-8-9-21(13-6-7-13)15(23)11-20/h12-13H,5-11H2,1-4H3,(H,17,18). The molecule has 0 radical (unpaired) electrons. The molecular formula is C16H29N5O2. The van der Waals surface area contributed by atoms with Crippen molar-refractivity contribution < 1.29 is 9.59 Å². The minimum atomic E-state index is -0.0450. The molecule has 0 spiro atoms. The summed E-state index contributed by atoms with van der Waals surface area (Å²) in [4.78, 5) is 34.0. The molecule has 2 rings (SSSR count). The number of carbonyl (C=O) groups is 2. The highest BCUT2D eigenvalue weighted by Crippen LogP contribution is 2.28. The number of hydrogen-bond acceptors (Lipinski definition) is 3. The fourth-order valence-corrected chi connectivity index (χ4v) is 2.48. The number of nitrogens with one attached hydrogen (secondary N) is 1. The third-order valence-electron chi connectivity index (χ3n) is 4.40. The Hall–Kier alpha value is -1.79. The van der Waals surface area contributed by atoms with Crippen molar-refractivity contribution in [2.75, 3.05) is 40.3 Å². The zero-order valence-electron chi connectivity index (χ0n) is 14.7. The maximum absolute atomic E-state index is 12.3. The Morgan fingerprint density at radius 3 is 2.61 bits per heavy atom. The van der Waals surface area contributed by atoms with Gasteiger partial charge in [-0.15, -0.1) is 0 Å². The highest BCUT2D eigenvalue weighted by Gasteiger charge is 2.36. The first-order valence-corrected chi connectivity index (χ1v) is 8.48. The lowest BCUT2D eigenvalue weighted by molar-refractivity contribution is -0.135. The third kappa shape index (κ3) is 4.84. The van der Waals surface area contributed by atoms with Crippen LogP contribution in [0.25, 0.3) is 0 Å². The molecule has 1 aliphatic heterocycles. The molecule has 7 heteroatoms. The lowest BCUT2D eigenvalue weighted by atomic mass is 10.2. The molecule has 130 valence electrons. The summed E-state index contributed by atoms with van der Waals surface area (Å²) in [5.74, 6) is 0.783. The Balaban J connectivity index is 2.02. The summed E-state index contributed by atoms with van der Waals surface area (Å²) < 4.78 is 0. The van der Waals surface area contributed by atoms with Crippen molar-refractivity contribution in [3.63, 3.8) is 0 Å². The SMILES string of the molecule is CCC(C)NC(=NCC(=O)N(C)C)N1CCN(C2CC2)C(=O)C1.